The zero-order valence-corrected chi connectivity index (χ0v) is 28.5. The fourth-order valence-electron chi connectivity index (χ4n) is 8.78. The number of aromatic nitrogens is 3. The van der Waals surface area contributed by atoms with Gasteiger partial charge in [-0.15, -0.1) is 0 Å². The standard InChI is InChI=1S/C49H29N3O/c1-2-12-31(13-3-1)46-40-25-29-21-23-35-39-27-32-14-4-5-15-33(32)28-42(39)52(41(35)26-29)48-34-16-7-6-11-30(34)22-24-38(48)47(40)51-49(50-46)37-18-10-20-44-45(37)36-17-8-9-19-43(36)53-44/h1-24,26-28H,25H2. The summed E-state index contributed by atoms with van der Waals surface area (Å²) >= 11 is 0. The van der Waals surface area contributed by atoms with Gasteiger partial charge in [-0.25, -0.2) is 9.97 Å². The molecule has 0 atom stereocenters. The van der Waals surface area contributed by atoms with Gasteiger partial charge < -0.3 is 8.98 Å². The van der Waals surface area contributed by atoms with E-state index in [1.165, 1.54) is 48.9 Å². The lowest BCUT2D eigenvalue weighted by atomic mass is 9.92. The van der Waals surface area contributed by atoms with Crippen LogP contribution in [0.3, 0.4) is 0 Å². The van der Waals surface area contributed by atoms with E-state index in [0.717, 1.165) is 61.3 Å². The molecule has 53 heavy (non-hydrogen) atoms. The highest BCUT2D eigenvalue weighted by atomic mass is 16.3. The van der Waals surface area contributed by atoms with Crippen LogP contribution in [0.5, 0.6) is 0 Å². The Labute approximate surface area is 304 Å². The average Bonchev–Trinajstić information content (AvgIpc) is 3.75. The third-order valence-electron chi connectivity index (χ3n) is 11.2. The molecule has 8 aromatic carbocycles. The Morgan fingerprint density at radius 3 is 2.08 bits per heavy atom. The summed E-state index contributed by atoms with van der Waals surface area (Å²) in [4.78, 5) is 11.1. The summed E-state index contributed by atoms with van der Waals surface area (Å²) in [5.74, 6) is 0.679. The molecule has 1 aliphatic rings. The first-order valence-corrected chi connectivity index (χ1v) is 18.1. The van der Waals surface area contributed by atoms with Crippen molar-refractivity contribution in [3.05, 3.63) is 175 Å². The molecule has 1 aliphatic heterocycles. The van der Waals surface area contributed by atoms with Gasteiger partial charge in [0.2, 0.25) is 0 Å². The molecule has 11 aromatic rings. The molecule has 246 valence electrons. The number of fused-ring (bicyclic) bond motifs is 14. The van der Waals surface area contributed by atoms with Gasteiger partial charge in [0, 0.05) is 55.6 Å². The highest BCUT2D eigenvalue weighted by Gasteiger charge is 2.27. The molecule has 3 aromatic heterocycles. The van der Waals surface area contributed by atoms with E-state index in [2.05, 4.69) is 144 Å². The van der Waals surface area contributed by atoms with Gasteiger partial charge in [0.15, 0.2) is 5.82 Å². The molecule has 4 heteroatoms. The van der Waals surface area contributed by atoms with Crippen LogP contribution in [0.25, 0.3) is 105 Å². The molecule has 0 aliphatic carbocycles. The molecule has 4 nitrogen and oxygen atoms in total. The van der Waals surface area contributed by atoms with E-state index >= 15 is 0 Å². The molecule has 0 N–H and O–H groups in total. The van der Waals surface area contributed by atoms with Crippen LogP contribution in [0, 0.1) is 0 Å². The summed E-state index contributed by atoms with van der Waals surface area (Å²) in [6.45, 7) is 0. The van der Waals surface area contributed by atoms with Crippen molar-refractivity contribution >= 4 is 65.3 Å². The fraction of sp³-hybridized carbons (Fsp3) is 0.0204. The lowest BCUT2D eigenvalue weighted by Crippen LogP contribution is -2.06. The number of nitrogens with zero attached hydrogens (tertiary/aromatic N) is 3. The zero-order chi connectivity index (χ0) is 34.6. The summed E-state index contributed by atoms with van der Waals surface area (Å²) in [6.07, 6.45) is 0.685. The van der Waals surface area contributed by atoms with Crippen molar-refractivity contribution in [2.24, 2.45) is 0 Å². The number of furan rings is 1. The Hall–Kier alpha value is -7.04. The molecule has 0 unspecified atom stereocenters. The maximum absolute atomic E-state index is 6.36. The SMILES string of the molecule is c1ccc(-c2nc(-c3cccc4oc5ccccc5c34)nc3c2Cc2ccc4c5cc6ccccc6cc5n(c4c2)-c2c-3ccc3ccccc23)cc1. The molecular weight excluding hydrogens is 647 g/mol. The topological polar surface area (TPSA) is 43.9 Å². The van der Waals surface area contributed by atoms with E-state index in [1.807, 2.05) is 24.3 Å². The van der Waals surface area contributed by atoms with E-state index in [1.54, 1.807) is 0 Å². The van der Waals surface area contributed by atoms with Gasteiger partial charge in [-0.05, 0) is 52.1 Å². The molecule has 0 spiro atoms. The second-order valence-corrected chi connectivity index (χ2v) is 14.1. The fourth-order valence-corrected chi connectivity index (χ4v) is 8.78. The number of hydrogen-bond donors (Lipinski definition) is 0. The van der Waals surface area contributed by atoms with Gasteiger partial charge >= 0.3 is 0 Å². The van der Waals surface area contributed by atoms with E-state index in [0.29, 0.717) is 12.2 Å². The molecular formula is C49H29N3O. The summed E-state index contributed by atoms with van der Waals surface area (Å²) in [7, 11) is 0. The minimum Gasteiger partial charge on any atom is -0.456 e. The maximum atomic E-state index is 6.36. The van der Waals surface area contributed by atoms with Crippen LogP contribution in [-0.4, -0.2) is 14.5 Å². The Balaban J connectivity index is 1.27. The van der Waals surface area contributed by atoms with E-state index in [9.17, 15) is 0 Å². The summed E-state index contributed by atoms with van der Waals surface area (Å²) in [6, 6.07) is 58.7. The average molecular weight is 676 g/mol. The molecule has 0 saturated heterocycles. The number of rotatable bonds is 2. The molecule has 0 amide bonds. The van der Waals surface area contributed by atoms with Crippen LogP contribution in [-0.2, 0) is 6.42 Å². The van der Waals surface area contributed by atoms with E-state index < -0.39 is 0 Å². The van der Waals surface area contributed by atoms with Gasteiger partial charge in [-0.2, -0.15) is 0 Å². The quantitative estimate of drug-likeness (QED) is 0.183. The number of para-hydroxylation sites is 1. The van der Waals surface area contributed by atoms with Crippen molar-refractivity contribution in [3.63, 3.8) is 0 Å². The first kappa shape index (κ1) is 28.6. The van der Waals surface area contributed by atoms with Crippen molar-refractivity contribution in [3.8, 4) is 39.6 Å². The van der Waals surface area contributed by atoms with Crippen LogP contribution in [0.4, 0.5) is 0 Å². The predicted octanol–water partition coefficient (Wildman–Crippen LogP) is 12.7. The Morgan fingerprint density at radius 2 is 1.19 bits per heavy atom. The maximum Gasteiger partial charge on any atom is 0.161 e. The van der Waals surface area contributed by atoms with Crippen molar-refractivity contribution in [1.82, 2.24) is 14.5 Å². The Kier molecular flexibility index (Phi) is 5.80. The van der Waals surface area contributed by atoms with Gasteiger partial charge in [0.25, 0.3) is 0 Å². The molecule has 0 fully saturated rings. The molecule has 2 bridgehead atoms. The summed E-state index contributed by atoms with van der Waals surface area (Å²) in [5.41, 5.74) is 12.5. The van der Waals surface area contributed by atoms with Crippen molar-refractivity contribution in [2.45, 2.75) is 6.42 Å². The summed E-state index contributed by atoms with van der Waals surface area (Å²) < 4.78 is 8.86. The minimum atomic E-state index is 0.679. The van der Waals surface area contributed by atoms with Crippen molar-refractivity contribution in [2.75, 3.05) is 0 Å². The summed E-state index contributed by atoms with van der Waals surface area (Å²) in [5, 5.41) is 9.40. The highest BCUT2D eigenvalue weighted by molar-refractivity contribution is 6.16. The first-order chi connectivity index (χ1) is 26.3. The normalized spacial score (nSPS) is 12.5. The molecule has 0 radical (unpaired) electrons. The third kappa shape index (κ3) is 4.12. The second-order valence-electron chi connectivity index (χ2n) is 14.1. The zero-order valence-electron chi connectivity index (χ0n) is 28.5. The predicted molar refractivity (Wildman–Crippen MR) is 218 cm³/mol. The van der Waals surface area contributed by atoms with Crippen LogP contribution in [0.15, 0.2) is 168 Å². The lowest BCUT2D eigenvalue weighted by molar-refractivity contribution is 0.669. The highest BCUT2D eigenvalue weighted by Crippen LogP contribution is 2.46. The van der Waals surface area contributed by atoms with Crippen LogP contribution in [0.1, 0.15) is 11.1 Å². The van der Waals surface area contributed by atoms with Gasteiger partial charge in [-0.3, -0.25) is 0 Å². The van der Waals surface area contributed by atoms with E-state index in [-0.39, 0.29) is 0 Å². The number of benzene rings is 8. The minimum absolute atomic E-state index is 0.679. The van der Waals surface area contributed by atoms with Gasteiger partial charge in [0.1, 0.15) is 11.2 Å². The Morgan fingerprint density at radius 1 is 0.472 bits per heavy atom. The van der Waals surface area contributed by atoms with Gasteiger partial charge in [-0.1, -0.05) is 133 Å². The largest absolute Gasteiger partial charge is 0.456 e. The molecule has 12 rings (SSSR count). The number of hydrogen-bond acceptors (Lipinski definition) is 3. The van der Waals surface area contributed by atoms with Crippen molar-refractivity contribution in [1.29, 1.82) is 0 Å². The molecule has 4 heterocycles. The van der Waals surface area contributed by atoms with Gasteiger partial charge in [0.05, 0.1) is 28.1 Å². The first-order valence-electron chi connectivity index (χ1n) is 18.1. The second kappa shape index (κ2) is 10.7. The smallest absolute Gasteiger partial charge is 0.161 e. The third-order valence-corrected chi connectivity index (χ3v) is 11.2. The van der Waals surface area contributed by atoms with Crippen molar-refractivity contribution < 1.29 is 4.42 Å². The lowest BCUT2D eigenvalue weighted by Gasteiger charge is -2.20. The monoisotopic (exact) mass is 675 g/mol. The van der Waals surface area contributed by atoms with Crippen LogP contribution < -0.4 is 0 Å². The van der Waals surface area contributed by atoms with Crippen LogP contribution in [0.2, 0.25) is 0 Å². The molecule has 0 saturated carbocycles. The van der Waals surface area contributed by atoms with Crippen LogP contribution >= 0.6 is 0 Å². The Bertz CT molecular complexity index is 3320. The van der Waals surface area contributed by atoms with E-state index in [4.69, 9.17) is 14.4 Å².